The molecular formula is C12H22N4O. The minimum absolute atomic E-state index is 0.386. The van der Waals surface area contributed by atoms with Gasteiger partial charge in [0.2, 0.25) is 0 Å². The number of hydrogen-bond acceptors (Lipinski definition) is 5. The molecule has 0 aromatic carbocycles. The molecular weight excluding hydrogens is 216 g/mol. The molecule has 17 heavy (non-hydrogen) atoms. The Bertz CT molecular complexity index is 354. The van der Waals surface area contributed by atoms with Gasteiger partial charge in [-0.1, -0.05) is 13.8 Å². The SMILES string of the molecule is CCN(CC(C)C)c1cc(N)nc(COC)n1. The first-order valence-corrected chi connectivity index (χ1v) is 5.94. The van der Waals surface area contributed by atoms with Gasteiger partial charge in [0.15, 0.2) is 5.82 Å². The average Bonchev–Trinajstić information content (AvgIpc) is 2.25. The summed E-state index contributed by atoms with van der Waals surface area (Å²) in [6.45, 7) is 8.72. The molecule has 1 aromatic heterocycles. The van der Waals surface area contributed by atoms with Gasteiger partial charge in [0.25, 0.3) is 0 Å². The first kappa shape index (κ1) is 13.7. The highest BCUT2D eigenvalue weighted by atomic mass is 16.5. The van der Waals surface area contributed by atoms with Crippen LogP contribution >= 0.6 is 0 Å². The number of hydrogen-bond donors (Lipinski definition) is 1. The molecule has 0 saturated heterocycles. The Morgan fingerprint density at radius 1 is 1.41 bits per heavy atom. The van der Waals surface area contributed by atoms with Crippen LogP contribution in [-0.2, 0) is 11.3 Å². The van der Waals surface area contributed by atoms with Crippen molar-refractivity contribution in [3.8, 4) is 0 Å². The van der Waals surface area contributed by atoms with Crippen molar-refractivity contribution in [2.45, 2.75) is 27.4 Å². The summed E-state index contributed by atoms with van der Waals surface area (Å²) >= 11 is 0. The van der Waals surface area contributed by atoms with E-state index in [0.29, 0.717) is 24.2 Å². The molecule has 5 heteroatoms. The molecule has 0 fully saturated rings. The zero-order chi connectivity index (χ0) is 12.8. The van der Waals surface area contributed by atoms with Gasteiger partial charge in [-0.15, -0.1) is 0 Å². The van der Waals surface area contributed by atoms with Crippen LogP contribution in [-0.4, -0.2) is 30.2 Å². The van der Waals surface area contributed by atoms with E-state index in [0.717, 1.165) is 18.9 Å². The fourth-order valence-electron chi connectivity index (χ4n) is 1.68. The van der Waals surface area contributed by atoms with Crippen LogP contribution in [0.2, 0.25) is 0 Å². The van der Waals surface area contributed by atoms with Crippen molar-refractivity contribution in [1.29, 1.82) is 0 Å². The summed E-state index contributed by atoms with van der Waals surface area (Å²) in [5, 5.41) is 0. The lowest BCUT2D eigenvalue weighted by Gasteiger charge is -2.24. The van der Waals surface area contributed by atoms with Crippen molar-refractivity contribution in [2.75, 3.05) is 30.8 Å². The number of rotatable bonds is 6. The number of ether oxygens (including phenoxy) is 1. The van der Waals surface area contributed by atoms with E-state index in [4.69, 9.17) is 10.5 Å². The second-order valence-electron chi connectivity index (χ2n) is 4.43. The van der Waals surface area contributed by atoms with E-state index in [9.17, 15) is 0 Å². The summed E-state index contributed by atoms with van der Waals surface area (Å²) in [6, 6.07) is 1.81. The Labute approximate surface area is 103 Å². The Morgan fingerprint density at radius 2 is 2.12 bits per heavy atom. The zero-order valence-electron chi connectivity index (χ0n) is 11.1. The van der Waals surface area contributed by atoms with Gasteiger partial charge in [0, 0.05) is 26.3 Å². The number of nitrogen functional groups attached to an aromatic ring is 1. The van der Waals surface area contributed by atoms with Gasteiger partial charge in [-0.05, 0) is 12.8 Å². The van der Waals surface area contributed by atoms with Gasteiger partial charge in [0.1, 0.15) is 18.2 Å². The van der Waals surface area contributed by atoms with Crippen LogP contribution in [0.25, 0.3) is 0 Å². The molecule has 0 saturated carbocycles. The van der Waals surface area contributed by atoms with Gasteiger partial charge < -0.3 is 15.4 Å². The summed E-state index contributed by atoms with van der Waals surface area (Å²) in [4.78, 5) is 10.8. The molecule has 0 atom stereocenters. The molecule has 0 bridgehead atoms. The number of methoxy groups -OCH3 is 1. The van der Waals surface area contributed by atoms with Crippen LogP contribution in [0.1, 0.15) is 26.6 Å². The highest BCUT2D eigenvalue weighted by molar-refractivity contribution is 5.46. The molecule has 1 rings (SSSR count). The lowest BCUT2D eigenvalue weighted by Crippen LogP contribution is -2.28. The van der Waals surface area contributed by atoms with Gasteiger partial charge in [-0.25, -0.2) is 9.97 Å². The largest absolute Gasteiger partial charge is 0.384 e. The van der Waals surface area contributed by atoms with Crippen LogP contribution in [0.3, 0.4) is 0 Å². The highest BCUT2D eigenvalue weighted by Crippen LogP contribution is 2.15. The van der Waals surface area contributed by atoms with E-state index >= 15 is 0 Å². The summed E-state index contributed by atoms with van der Waals surface area (Å²) in [5.74, 6) is 2.58. The van der Waals surface area contributed by atoms with Crippen LogP contribution in [0.5, 0.6) is 0 Å². The smallest absolute Gasteiger partial charge is 0.158 e. The number of nitrogens with zero attached hydrogens (tertiary/aromatic N) is 3. The molecule has 0 amide bonds. The maximum absolute atomic E-state index is 5.78. The molecule has 5 nitrogen and oxygen atoms in total. The van der Waals surface area contributed by atoms with E-state index < -0.39 is 0 Å². The third-order valence-corrected chi connectivity index (χ3v) is 2.34. The van der Waals surface area contributed by atoms with Crippen LogP contribution in [0.15, 0.2) is 6.07 Å². The Morgan fingerprint density at radius 3 is 2.65 bits per heavy atom. The monoisotopic (exact) mass is 238 g/mol. The topological polar surface area (TPSA) is 64.3 Å². The first-order valence-electron chi connectivity index (χ1n) is 5.94. The lowest BCUT2D eigenvalue weighted by atomic mass is 10.2. The van der Waals surface area contributed by atoms with E-state index in [1.807, 2.05) is 6.07 Å². The van der Waals surface area contributed by atoms with E-state index in [1.54, 1.807) is 7.11 Å². The molecule has 1 aromatic rings. The lowest BCUT2D eigenvalue weighted by molar-refractivity contribution is 0.178. The van der Waals surface area contributed by atoms with Crippen LogP contribution in [0.4, 0.5) is 11.6 Å². The third kappa shape index (κ3) is 4.19. The Hall–Kier alpha value is -1.36. The normalized spacial score (nSPS) is 10.9. The van der Waals surface area contributed by atoms with Crippen molar-refractivity contribution in [3.63, 3.8) is 0 Å². The molecule has 0 unspecified atom stereocenters. The molecule has 2 N–H and O–H groups in total. The van der Waals surface area contributed by atoms with Gasteiger partial charge in [-0.3, -0.25) is 0 Å². The van der Waals surface area contributed by atoms with Crippen molar-refractivity contribution in [1.82, 2.24) is 9.97 Å². The summed E-state index contributed by atoms with van der Waals surface area (Å²) in [7, 11) is 1.62. The summed E-state index contributed by atoms with van der Waals surface area (Å²) < 4.78 is 5.03. The molecule has 0 spiro atoms. The van der Waals surface area contributed by atoms with Gasteiger partial charge in [0.05, 0.1) is 0 Å². The fourth-order valence-corrected chi connectivity index (χ4v) is 1.68. The van der Waals surface area contributed by atoms with Crippen LogP contribution in [0, 0.1) is 5.92 Å². The Balaban J connectivity index is 2.93. The molecule has 1 heterocycles. The highest BCUT2D eigenvalue weighted by Gasteiger charge is 2.10. The maximum Gasteiger partial charge on any atom is 0.158 e. The molecule has 0 aliphatic heterocycles. The molecule has 0 aliphatic rings. The van der Waals surface area contributed by atoms with Gasteiger partial charge >= 0.3 is 0 Å². The van der Waals surface area contributed by atoms with Crippen LogP contribution < -0.4 is 10.6 Å². The number of anilines is 2. The van der Waals surface area contributed by atoms with Crippen molar-refractivity contribution >= 4 is 11.6 Å². The second kappa shape index (κ2) is 6.39. The van der Waals surface area contributed by atoms with Crippen molar-refractivity contribution < 1.29 is 4.74 Å². The van der Waals surface area contributed by atoms with Gasteiger partial charge in [-0.2, -0.15) is 0 Å². The predicted molar refractivity (Wildman–Crippen MR) is 69.9 cm³/mol. The molecule has 96 valence electrons. The number of nitrogens with two attached hydrogens (primary N) is 1. The second-order valence-corrected chi connectivity index (χ2v) is 4.43. The van der Waals surface area contributed by atoms with E-state index in [-0.39, 0.29) is 0 Å². The fraction of sp³-hybridized carbons (Fsp3) is 0.667. The average molecular weight is 238 g/mol. The van der Waals surface area contributed by atoms with E-state index in [1.165, 1.54) is 0 Å². The standard InChI is InChI=1S/C12H22N4O/c1-5-16(7-9(2)3)12-6-10(13)14-11(15-12)8-17-4/h6,9H,5,7-8H2,1-4H3,(H2,13,14,15). The van der Waals surface area contributed by atoms with Crippen molar-refractivity contribution in [2.24, 2.45) is 5.92 Å². The minimum Gasteiger partial charge on any atom is -0.384 e. The van der Waals surface area contributed by atoms with E-state index in [2.05, 4.69) is 35.6 Å². The quantitative estimate of drug-likeness (QED) is 0.817. The molecule has 0 radical (unpaired) electrons. The first-order chi connectivity index (χ1) is 8.06. The third-order valence-electron chi connectivity index (χ3n) is 2.34. The summed E-state index contributed by atoms with van der Waals surface area (Å²) in [5.41, 5.74) is 5.78. The maximum atomic E-state index is 5.78. The minimum atomic E-state index is 0.386. The summed E-state index contributed by atoms with van der Waals surface area (Å²) in [6.07, 6.45) is 0. The predicted octanol–water partition coefficient (Wildman–Crippen LogP) is 1.69. The zero-order valence-corrected chi connectivity index (χ0v) is 11.1. The Kier molecular flexibility index (Phi) is 5.15. The molecule has 0 aliphatic carbocycles. The van der Waals surface area contributed by atoms with Crippen molar-refractivity contribution in [3.05, 3.63) is 11.9 Å². The number of aromatic nitrogens is 2.